The molecule has 0 spiro atoms. The van der Waals surface area contributed by atoms with Crippen molar-refractivity contribution in [3.63, 3.8) is 0 Å². The molecule has 72 valence electrons. The van der Waals surface area contributed by atoms with Crippen LogP contribution in [0.2, 0.25) is 0 Å². The second kappa shape index (κ2) is 6.04. The molecule has 0 fully saturated rings. The molecular weight excluding hydrogens is 152 g/mol. The number of carbonyl (C=O) groups excluding carboxylic acids is 1. The van der Waals surface area contributed by atoms with Gasteiger partial charge in [0.25, 0.3) is 6.47 Å². The molecule has 0 aliphatic carbocycles. The van der Waals surface area contributed by atoms with E-state index in [0.717, 1.165) is 6.42 Å². The van der Waals surface area contributed by atoms with Gasteiger partial charge in [0.15, 0.2) is 0 Å². The lowest BCUT2D eigenvalue weighted by Gasteiger charge is -2.19. The molecule has 0 heterocycles. The van der Waals surface area contributed by atoms with Crippen molar-refractivity contribution in [1.29, 1.82) is 0 Å². The van der Waals surface area contributed by atoms with Crippen molar-refractivity contribution in [2.24, 2.45) is 17.8 Å². The Morgan fingerprint density at radius 3 is 2.25 bits per heavy atom. The molecule has 0 aliphatic heterocycles. The SMILES string of the molecule is CC(COC=O)CC(C)C(C)C. The Morgan fingerprint density at radius 1 is 1.25 bits per heavy atom. The lowest BCUT2D eigenvalue weighted by Crippen LogP contribution is -2.13. The van der Waals surface area contributed by atoms with Crippen molar-refractivity contribution < 1.29 is 9.53 Å². The Balaban J connectivity index is 3.53. The number of ether oxygens (including phenoxy) is 1. The molecule has 0 N–H and O–H groups in total. The van der Waals surface area contributed by atoms with Gasteiger partial charge in [-0.15, -0.1) is 0 Å². The zero-order valence-electron chi connectivity index (χ0n) is 8.54. The standard InChI is InChI=1S/C10H20O2/c1-8(2)10(4)5-9(3)6-12-7-11/h7-10H,5-6H2,1-4H3. The van der Waals surface area contributed by atoms with Crippen LogP contribution in [0.15, 0.2) is 0 Å². The normalized spacial score (nSPS) is 15.8. The lowest BCUT2D eigenvalue weighted by atomic mass is 9.89. The highest BCUT2D eigenvalue weighted by Crippen LogP contribution is 2.19. The maximum atomic E-state index is 9.91. The van der Waals surface area contributed by atoms with Gasteiger partial charge in [0.1, 0.15) is 0 Å². The van der Waals surface area contributed by atoms with Crippen LogP contribution in [-0.2, 0) is 9.53 Å². The van der Waals surface area contributed by atoms with Gasteiger partial charge in [-0.25, -0.2) is 0 Å². The van der Waals surface area contributed by atoms with Gasteiger partial charge in [-0.05, 0) is 24.2 Å². The molecule has 2 nitrogen and oxygen atoms in total. The number of carbonyl (C=O) groups is 1. The van der Waals surface area contributed by atoms with E-state index in [1.807, 2.05) is 0 Å². The third-order valence-electron chi connectivity index (χ3n) is 2.36. The van der Waals surface area contributed by atoms with Crippen molar-refractivity contribution in [1.82, 2.24) is 0 Å². The Labute approximate surface area is 75.3 Å². The highest BCUT2D eigenvalue weighted by molar-refractivity contribution is 5.36. The maximum Gasteiger partial charge on any atom is 0.293 e. The molecule has 0 rings (SSSR count). The first-order valence-electron chi connectivity index (χ1n) is 4.63. The fraction of sp³-hybridized carbons (Fsp3) is 0.900. The van der Waals surface area contributed by atoms with Gasteiger partial charge in [0.2, 0.25) is 0 Å². The molecule has 0 aliphatic rings. The van der Waals surface area contributed by atoms with E-state index in [1.54, 1.807) is 0 Å². The van der Waals surface area contributed by atoms with E-state index in [0.29, 0.717) is 30.8 Å². The second-order valence-electron chi connectivity index (χ2n) is 3.99. The average Bonchev–Trinajstić information content (AvgIpc) is 2.00. The highest BCUT2D eigenvalue weighted by Gasteiger charge is 2.11. The summed E-state index contributed by atoms with van der Waals surface area (Å²) in [5.74, 6) is 1.89. The smallest absolute Gasteiger partial charge is 0.293 e. The van der Waals surface area contributed by atoms with E-state index in [-0.39, 0.29) is 0 Å². The van der Waals surface area contributed by atoms with Crippen LogP contribution < -0.4 is 0 Å². The predicted octanol–water partition coefficient (Wildman–Crippen LogP) is 2.48. The summed E-state index contributed by atoms with van der Waals surface area (Å²) in [6.45, 7) is 9.87. The third kappa shape index (κ3) is 5.16. The van der Waals surface area contributed by atoms with Gasteiger partial charge in [-0.3, -0.25) is 4.79 Å². The first-order chi connectivity index (χ1) is 5.57. The minimum Gasteiger partial charge on any atom is -0.468 e. The van der Waals surface area contributed by atoms with E-state index in [2.05, 4.69) is 27.7 Å². The Kier molecular flexibility index (Phi) is 5.77. The number of rotatable bonds is 6. The quantitative estimate of drug-likeness (QED) is 0.575. The van der Waals surface area contributed by atoms with Crippen molar-refractivity contribution in [2.45, 2.75) is 34.1 Å². The van der Waals surface area contributed by atoms with Crippen molar-refractivity contribution in [3.05, 3.63) is 0 Å². The molecular formula is C10H20O2. The molecule has 2 unspecified atom stereocenters. The summed E-state index contributed by atoms with van der Waals surface area (Å²) in [7, 11) is 0. The van der Waals surface area contributed by atoms with Crippen LogP contribution in [0.1, 0.15) is 34.1 Å². The second-order valence-corrected chi connectivity index (χ2v) is 3.99. The van der Waals surface area contributed by atoms with Gasteiger partial charge >= 0.3 is 0 Å². The van der Waals surface area contributed by atoms with Gasteiger partial charge in [0, 0.05) is 0 Å². The van der Waals surface area contributed by atoms with Crippen LogP contribution in [0.25, 0.3) is 0 Å². The van der Waals surface area contributed by atoms with E-state index >= 15 is 0 Å². The van der Waals surface area contributed by atoms with Gasteiger partial charge in [-0.1, -0.05) is 27.7 Å². The zero-order valence-corrected chi connectivity index (χ0v) is 8.54. The van der Waals surface area contributed by atoms with Crippen molar-refractivity contribution in [3.8, 4) is 0 Å². The molecule has 0 radical (unpaired) electrons. The van der Waals surface area contributed by atoms with Gasteiger partial charge in [0.05, 0.1) is 6.61 Å². The highest BCUT2D eigenvalue weighted by atomic mass is 16.5. The molecule has 0 aromatic carbocycles. The first-order valence-corrected chi connectivity index (χ1v) is 4.63. The summed E-state index contributed by atoms with van der Waals surface area (Å²) in [5, 5.41) is 0. The Bertz CT molecular complexity index is 121. The average molecular weight is 172 g/mol. The van der Waals surface area contributed by atoms with Crippen LogP contribution in [0.3, 0.4) is 0 Å². The molecule has 0 aromatic heterocycles. The van der Waals surface area contributed by atoms with Crippen LogP contribution in [0.4, 0.5) is 0 Å². The number of hydrogen-bond acceptors (Lipinski definition) is 2. The fourth-order valence-corrected chi connectivity index (χ4v) is 1.18. The van der Waals surface area contributed by atoms with Crippen LogP contribution >= 0.6 is 0 Å². The molecule has 2 heteroatoms. The lowest BCUT2D eigenvalue weighted by molar-refractivity contribution is -0.129. The van der Waals surface area contributed by atoms with Gasteiger partial charge in [-0.2, -0.15) is 0 Å². The summed E-state index contributed by atoms with van der Waals surface area (Å²) in [6, 6.07) is 0. The van der Waals surface area contributed by atoms with Crippen LogP contribution in [-0.4, -0.2) is 13.1 Å². The van der Waals surface area contributed by atoms with E-state index in [1.165, 1.54) is 0 Å². The topological polar surface area (TPSA) is 26.3 Å². The van der Waals surface area contributed by atoms with E-state index < -0.39 is 0 Å². The molecule has 0 bridgehead atoms. The summed E-state index contributed by atoms with van der Waals surface area (Å²) >= 11 is 0. The van der Waals surface area contributed by atoms with Crippen molar-refractivity contribution >= 4 is 6.47 Å². The van der Waals surface area contributed by atoms with E-state index in [9.17, 15) is 4.79 Å². The van der Waals surface area contributed by atoms with Crippen molar-refractivity contribution in [2.75, 3.05) is 6.61 Å². The molecule has 0 saturated heterocycles. The molecule has 2 atom stereocenters. The summed E-state index contributed by atoms with van der Waals surface area (Å²) in [6.07, 6.45) is 1.13. The van der Waals surface area contributed by atoms with Crippen LogP contribution in [0.5, 0.6) is 0 Å². The van der Waals surface area contributed by atoms with E-state index in [4.69, 9.17) is 4.74 Å². The molecule has 0 amide bonds. The summed E-state index contributed by atoms with van der Waals surface area (Å²) in [5.41, 5.74) is 0. The predicted molar refractivity (Wildman–Crippen MR) is 49.8 cm³/mol. The summed E-state index contributed by atoms with van der Waals surface area (Å²) < 4.78 is 4.70. The van der Waals surface area contributed by atoms with Crippen LogP contribution in [0, 0.1) is 17.8 Å². The molecule has 0 saturated carbocycles. The minimum absolute atomic E-state index is 0.479. The fourth-order valence-electron chi connectivity index (χ4n) is 1.18. The zero-order chi connectivity index (χ0) is 9.56. The Hall–Kier alpha value is -0.530. The first kappa shape index (κ1) is 11.5. The largest absolute Gasteiger partial charge is 0.468 e. The molecule has 0 aromatic rings. The third-order valence-corrected chi connectivity index (χ3v) is 2.36. The monoisotopic (exact) mass is 172 g/mol. The number of hydrogen-bond donors (Lipinski definition) is 0. The Morgan fingerprint density at radius 2 is 1.83 bits per heavy atom. The minimum atomic E-state index is 0.479. The summed E-state index contributed by atoms with van der Waals surface area (Å²) in [4.78, 5) is 9.91. The van der Waals surface area contributed by atoms with Gasteiger partial charge < -0.3 is 4.74 Å². The molecule has 12 heavy (non-hydrogen) atoms. The maximum absolute atomic E-state index is 9.91.